The first-order valence-corrected chi connectivity index (χ1v) is 7.27. The molecule has 0 aliphatic heterocycles. The van der Waals surface area contributed by atoms with E-state index in [4.69, 9.17) is 23.2 Å². The summed E-state index contributed by atoms with van der Waals surface area (Å²) in [7, 11) is -3.14. The van der Waals surface area contributed by atoms with Gasteiger partial charge in [-0.3, -0.25) is 4.79 Å². The molecule has 1 aromatic carbocycles. The second-order valence-corrected chi connectivity index (χ2v) is 6.53. The van der Waals surface area contributed by atoms with E-state index < -0.39 is 9.84 Å². The molecule has 0 amide bonds. The summed E-state index contributed by atoms with van der Waals surface area (Å²) >= 11 is 11.5. The molecule has 0 aliphatic carbocycles. The average molecular weight is 281 g/mol. The molecule has 0 fully saturated rings. The van der Waals surface area contributed by atoms with E-state index in [9.17, 15) is 13.2 Å². The lowest BCUT2D eigenvalue weighted by Crippen LogP contribution is -2.09. The normalized spacial score (nSPS) is 11.4. The maximum absolute atomic E-state index is 11.6. The van der Waals surface area contributed by atoms with Gasteiger partial charge in [0.05, 0.1) is 10.8 Å². The molecule has 0 saturated heterocycles. The van der Waals surface area contributed by atoms with Crippen molar-refractivity contribution in [3.63, 3.8) is 0 Å². The second-order valence-electron chi connectivity index (χ2n) is 3.43. The van der Waals surface area contributed by atoms with E-state index in [1.165, 1.54) is 12.1 Å². The highest BCUT2D eigenvalue weighted by Crippen LogP contribution is 2.22. The first kappa shape index (κ1) is 13.5. The van der Waals surface area contributed by atoms with Crippen molar-refractivity contribution >= 4 is 38.8 Å². The third-order valence-corrected chi connectivity index (χ3v) is 3.42. The molecule has 16 heavy (non-hydrogen) atoms. The molecule has 0 saturated carbocycles. The number of Topliss-reactive ketones (excluding diaryl/α,β-unsaturated/α-hetero) is 1. The van der Waals surface area contributed by atoms with E-state index in [-0.39, 0.29) is 23.0 Å². The smallest absolute Gasteiger partial charge is 0.165 e. The first-order chi connectivity index (χ1) is 7.29. The Balaban J connectivity index is 2.82. The minimum absolute atomic E-state index is 0.0693. The summed E-state index contributed by atoms with van der Waals surface area (Å²) in [5.74, 6) is -0.475. The fourth-order valence-electron chi connectivity index (χ4n) is 1.13. The predicted molar refractivity (Wildman–Crippen MR) is 65.1 cm³/mol. The van der Waals surface area contributed by atoms with Gasteiger partial charge >= 0.3 is 0 Å². The molecule has 3 nitrogen and oxygen atoms in total. The van der Waals surface area contributed by atoms with Crippen molar-refractivity contribution in [2.75, 3.05) is 12.0 Å². The number of sulfone groups is 1. The molecular weight excluding hydrogens is 271 g/mol. The second kappa shape index (κ2) is 5.17. The number of rotatable bonds is 4. The maximum atomic E-state index is 11.6. The third-order valence-electron chi connectivity index (χ3n) is 1.93. The fourth-order valence-corrected chi connectivity index (χ4v) is 2.20. The summed E-state index contributed by atoms with van der Waals surface area (Å²) in [6.45, 7) is 0. The Morgan fingerprint density at radius 3 is 2.44 bits per heavy atom. The largest absolute Gasteiger partial charge is 0.294 e. The van der Waals surface area contributed by atoms with Gasteiger partial charge in [-0.2, -0.15) is 0 Å². The standard InChI is InChI=1S/C10H10Cl2O3S/c1-16(14,15)5-4-10(13)8-3-2-7(11)6-9(8)12/h2-3,6H,4-5H2,1H3. The molecule has 0 aliphatic rings. The average Bonchev–Trinajstić information content (AvgIpc) is 2.13. The van der Waals surface area contributed by atoms with Crippen LogP contribution in [-0.2, 0) is 9.84 Å². The van der Waals surface area contributed by atoms with Gasteiger partial charge in [0.25, 0.3) is 0 Å². The number of carbonyl (C=O) groups excluding carboxylic acids is 1. The molecule has 0 heterocycles. The van der Waals surface area contributed by atoms with E-state index in [0.29, 0.717) is 10.6 Å². The molecule has 1 aromatic rings. The lowest BCUT2D eigenvalue weighted by molar-refractivity contribution is 0.0989. The fraction of sp³-hybridized carbons (Fsp3) is 0.300. The van der Waals surface area contributed by atoms with Crippen molar-refractivity contribution in [1.29, 1.82) is 0 Å². The van der Waals surface area contributed by atoms with Crippen molar-refractivity contribution in [2.24, 2.45) is 0 Å². The highest BCUT2D eigenvalue weighted by Gasteiger charge is 2.13. The molecule has 0 aromatic heterocycles. The molecule has 0 radical (unpaired) electrons. The maximum Gasteiger partial charge on any atom is 0.165 e. The minimum atomic E-state index is -3.14. The highest BCUT2D eigenvalue weighted by molar-refractivity contribution is 7.90. The summed E-state index contributed by atoms with van der Waals surface area (Å²) in [5.41, 5.74) is 0.301. The number of hydrogen-bond acceptors (Lipinski definition) is 3. The molecule has 0 unspecified atom stereocenters. The van der Waals surface area contributed by atoms with Gasteiger partial charge < -0.3 is 0 Å². The van der Waals surface area contributed by atoms with Crippen LogP contribution in [-0.4, -0.2) is 26.2 Å². The van der Waals surface area contributed by atoms with Gasteiger partial charge in [0.15, 0.2) is 5.78 Å². The van der Waals surface area contributed by atoms with Crippen LogP contribution in [0.1, 0.15) is 16.8 Å². The summed E-state index contributed by atoms with van der Waals surface area (Å²) in [6, 6.07) is 4.49. The van der Waals surface area contributed by atoms with Gasteiger partial charge in [-0.25, -0.2) is 8.42 Å². The zero-order valence-corrected chi connectivity index (χ0v) is 10.9. The number of hydrogen-bond donors (Lipinski definition) is 0. The van der Waals surface area contributed by atoms with Crippen LogP contribution in [0.3, 0.4) is 0 Å². The van der Waals surface area contributed by atoms with Gasteiger partial charge in [-0.05, 0) is 18.2 Å². The van der Waals surface area contributed by atoms with Crippen molar-refractivity contribution < 1.29 is 13.2 Å². The Bertz CT molecular complexity index is 509. The van der Waals surface area contributed by atoms with Crippen LogP contribution in [0.15, 0.2) is 18.2 Å². The molecule has 6 heteroatoms. The van der Waals surface area contributed by atoms with Crippen molar-refractivity contribution in [1.82, 2.24) is 0 Å². The van der Waals surface area contributed by atoms with Crippen molar-refractivity contribution in [2.45, 2.75) is 6.42 Å². The molecule has 1 rings (SSSR count). The number of carbonyl (C=O) groups is 1. The van der Waals surface area contributed by atoms with E-state index in [2.05, 4.69) is 0 Å². The van der Waals surface area contributed by atoms with Gasteiger partial charge in [-0.15, -0.1) is 0 Å². The SMILES string of the molecule is CS(=O)(=O)CCC(=O)c1ccc(Cl)cc1Cl. The monoisotopic (exact) mass is 280 g/mol. The van der Waals surface area contributed by atoms with Gasteiger partial charge in [0.1, 0.15) is 9.84 Å². The zero-order chi connectivity index (χ0) is 12.3. The van der Waals surface area contributed by atoms with Crippen molar-refractivity contribution in [3.8, 4) is 0 Å². The molecule has 0 atom stereocenters. The van der Waals surface area contributed by atoms with Crippen LogP contribution in [0.25, 0.3) is 0 Å². The Morgan fingerprint density at radius 1 is 1.31 bits per heavy atom. The van der Waals surface area contributed by atoms with Crippen LogP contribution in [0.5, 0.6) is 0 Å². The molecule has 88 valence electrons. The van der Waals surface area contributed by atoms with Crippen LogP contribution in [0, 0.1) is 0 Å². The Morgan fingerprint density at radius 2 is 1.94 bits per heavy atom. The minimum Gasteiger partial charge on any atom is -0.294 e. The molecular formula is C10H10Cl2O3S. The van der Waals surface area contributed by atoms with Crippen LogP contribution in [0.4, 0.5) is 0 Å². The Kier molecular flexibility index (Phi) is 4.35. The summed E-state index contributed by atoms with van der Waals surface area (Å²) in [4.78, 5) is 11.6. The molecule has 0 N–H and O–H groups in total. The zero-order valence-electron chi connectivity index (χ0n) is 8.54. The third kappa shape index (κ3) is 4.12. The van der Waals surface area contributed by atoms with Gasteiger partial charge in [-0.1, -0.05) is 23.2 Å². The predicted octanol–water partition coefficient (Wildman–Crippen LogP) is 2.61. The van der Waals surface area contributed by atoms with Crippen molar-refractivity contribution in [3.05, 3.63) is 33.8 Å². The Hall–Kier alpha value is -0.580. The van der Waals surface area contributed by atoms with Crippen LogP contribution >= 0.6 is 23.2 Å². The summed E-state index contributed by atoms with van der Waals surface area (Å²) in [6.07, 6.45) is 1.02. The molecule has 0 spiro atoms. The lowest BCUT2D eigenvalue weighted by atomic mass is 10.1. The topological polar surface area (TPSA) is 51.2 Å². The quantitative estimate of drug-likeness (QED) is 0.797. The summed E-state index contributed by atoms with van der Waals surface area (Å²) < 4.78 is 21.8. The molecule has 0 bridgehead atoms. The first-order valence-electron chi connectivity index (χ1n) is 4.45. The number of benzene rings is 1. The van der Waals surface area contributed by atoms with Gasteiger partial charge in [0.2, 0.25) is 0 Å². The van der Waals surface area contributed by atoms with E-state index in [1.807, 2.05) is 0 Å². The summed E-state index contributed by atoms with van der Waals surface area (Å²) in [5, 5.41) is 0.677. The number of ketones is 1. The van der Waals surface area contributed by atoms with Gasteiger partial charge in [0, 0.05) is 23.3 Å². The van der Waals surface area contributed by atoms with E-state index >= 15 is 0 Å². The number of halogens is 2. The Labute approximate surface area is 104 Å². The highest BCUT2D eigenvalue weighted by atomic mass is 35.5. The van der Waals surface area contributed by atoms with Crippen LogP contribution in [0.2, 0.25) is 10.0 Å². The van der Waals surface area contributed by atoms with E-state index in [1.54, 1.807) is 6.07 Å². The lowest BCUT2D eigenvalue weighted by Gasteiger charge is -2.03. The van der Waals surface area contributed by atoms with Crippen LogP contribution < -0.4 is 0 Å². The van der Waals surface area contributed by atoms with E-state index in [0.717, 1.165) is 6.26 Å².